The van der Waals surface area contributed by atoms with Crippen molar-refractivity contribution in [2.24, 2.45) is 0 Å². The molecule has 0 unspecified atom stereocenters. The van der Waals surface area contributed by atoms with E-state index in [9.17, 15) is 10.1 Å². The van der Waals surface area contributed by atoms with Crippen molar-refractivity contribution in [3.05, 3.63) is 71.3 Å². The highest BCUT2D eigenvalue weighted by atomic mass is 16.5. The largest absolute Gasteiger partial charge is 0.491 e. The molecular weight excluding hydrogens is 356 g/mol. The Morgan fingerprint density at radius 1 is 1.32 bits per heavy atom. The van der Waals surface area contributed by atoms with Crippen LogP contribution >= 0.6 is 0 Å². The number of anilines is 1. The minimum Gasteiger partial charge on any atom is -0.491 e. The molecule has 0 aliphatic rings. The molecule has 0 aliphatic heterocycles. The Bertz CT molecular complexity index is 1040. The van der Waals surface area contributed by atoms with Gasteiger partial charge in [-0.25, -0.2) is 0 Å². The number of aromatic nitrogens is 2. The maximum atomic E-state index is 12.3. The molecule has 0 radical (unpaired) electrons. The molecule has 3 rings (SSSR count). The van der Waals surface area contributed by atoms with Crippen LogP contribution < -0.4 is 10.1 Å². The maximum absolute atomic E-state index is 12.3. The van der Waals surface area contributed by atoms with E-state index in [1.54, 1.807) is 13.0 Å². The predicted molar refractivity (Wildman–Crippen MR) is 105 cm³/mol. The molecular formula is C21H20N4O3. The van der Waals surface area contributed by atoms with Gasteiger partial charge in [-0.15, -0.1) is 0 Å². The van der Waals surface area contributed by atoms with Crippen molar-refractivity contribution in [1.82, 2.24) is 9.72 Å². The second-order valence-electron chi connectivity index (χ2n) is 6.19. The minimum absolute atomic E-state index is 0.0274. The van der Waals surface area contributed by atoms with Crippen LogP contribution in [-0.2, 0) is 11.3 Å². The summed E-state index contributed by atoms with van der Waals surface area (Å²) in [6.07, 6.45) is 3.41. The normalized spacial score (nSPS) is 11.1. The highest BCUT2D eigenvalue weighted by Crippen LogP contribution is 2.17. The van der Waals surface area contributed by atoms with Gasteiger partial charge >= 0.3 is 0 Å². The predicted octanol–water partition coefficient (Wildman–Crippen LogP) is 3.72. The molecule has 7 nitrogen and oxygen atoms in total. The zero-order chi connectivity index (χ0) is 19.9. The first kappa shape index (κ1) is 19.0. The fraction of sp³-hybridized carbons (Fsp3) is 0.190. The summed E-state index contributed by atoms with van der Waals surface area (Å²) in [6.45, 7) is 4.76. The lowest BCUT2D eigenvalue weighted by molar-refractivity contribution is -0.112. The highest BCUT2D eigenvalue weighted by Gasteiger charge is 2.13. The standard InChI is InChI=1S/C21H20N4O3/c1-15-6-3-4-8-19(15)27-11-10-25-9-5-7-18(25)13-17(14-22)21(26)23-20-12-16(2)28-24-20/h3-9,12-13H,10-11H2,1-2H3,(H,23,24,26)/b17-13-. The second kappa shape index (κ2) is 8.73. The van der Waals surface area contributed by atoms with Crippen molar-refractivity contribution in [2.75, 3.05) is 11.9 Å². The number of hydrogen-bond acceptors (Lipinski definition) is 5. The third kappa shape index (κ3) is 4.68. The van der Waals surface area contributed by atoms with Gasteiger partial charge in [0.1, 0.15) is 29.8 Å². The van der Waals surface area contributed by atoms with Gasteiger partial charge < -0.3 is 19.1 Å². The Morgan fingerprint density at radius 3 is 2.86 bits per heavy atom. The molecule has 7 heteroatoms. The van der Waals surface area contributed by atoms with Gasteiger partial charge in [0.15, 0.2) is 5.82 Å². The average Bonchev–Trinajstić information content (AvgIpc) is 3.29. The van der Waals surface area contributed by atoms with Crippen LogP contribution in [0.3, 0.4) is 0 Å². The van der Waals surface area contributed by atoms with Crippen LogP contribution in [0.15, 0.2) is 58.8 Å². The van der Waals surface area contributed by atoms with E-state index in [0.29, 0.717) is 18.9 Å². The number of hydrogen-bond donors (Lipinski definition) is 1. The zero-order valence-electron chi connectivity index (χ0n) is 15.7. The summed E-state index contributed by atoms with van der Waals surface area (Å²) < 4.78 is 12.6. The third-order valence-electron chi connectivity index (χ3n) is 4.07. The van der Waals surface area contributed by atoms with E-state index in [2.05, 4.69) is 10.5 Å². The fourth-order valence-electron chi connectivity index (χ4n) is 2.64. The number of carbonyl (C=O) groups is 1. The van der Waals surface area contributed by atoms with Gasteiger partial charge in [0.25, 0.3) is 5.91 Å². The zero-order valence-corrected chi connectivity index (χ0v) is 15.7. The number of benzene rings is 1. The van der Waals surface area contributed by atoms with E-state index in [1.807, 2.05) is 60.2 Å². The van der Waals surface area contributed by atoms with Crippen LogP contribution in [0, 0.1) is 25.2 Å². The molecule has 2 heterocycles. The Hall–Kier alpha value is -3.79. The summed E-state index contributed by atoms with van der Waals surface area (Å²) in [5.74, 6) is 1.14. The lowest BCUT2D eigenvalue weighted by Crippen LogP contribution is -2.14. The van der Waals surface area contributed by atoms with E-state index in [0.717, 1.165) is 17.0 Å². The Labute approximate surface area is 162 Å². The molecule has 1 amide bonds. The van der Waals surface area contributed by atoms with E-state index < -0.39 is 5.91 Å². The third-order valence-corrected chi connectivity index (χ3v) is 4.07. The average molecular weight is 376 g/mol. The summed E-state index contributed by atoms with van der Waals surface area (Å²) in [6, 6.07) is 15.0. The Balaban J connectivity index is 1.66. The number of nitrogens with one attached hydrogen (secondary N) is 1. The summed E-state index contributed by atoms with van der Waals surface area (Å²) in [5.41, 5.74) is 1.78. The quantitative estimate of drug-likeness (QED) is 0.501. The van der Waals surface area contributed by atoms with E-state index >= 15 is 0 Å². The monoisotopic (exact) mass is 376 g/mol. The number of carbonyl (C=O) groups excluding carboxylic acids is 1. The van der Waals surface area contributed by atoms with Gasteiger partial charge in [-0.1, -0.05) is 23.4 Å². The Kier molecular flexibility index (Phi) is 5.92. The molecule has 0 aliphatic carbocycles. The van der Waals surface area contributed by atoms with E-state index in [4.69, 9.17) is 9.26 Å². The highest BCUT2D eigenvalue weighted by molar-refractivity contribution is 6.09. The van der Waals surface area contributed by atoms with Crippen LogP contribution in [-0.4, -0.2) is 22.2 Å². The molecule has 1 aromatic carbocycles. The number of amides is 1. The molecule has 0 spiro atoms. The van der Waals surface area contributed by atoms with Gasteiger partial charge in [-0.05, 0) is 43.7 Å². The molecule has 142 valence electrons. The number of nitrogens with zero attached hydrogens (tertiary/aromatic N) is 3. The van der Waals surface area contributed by atoms with Crippen molar-refractivity contribution in [3.63, 3.8) is 0 Å². The second-order valence-corrected chi connectivity index (χ2v) is 6.19. The van der Waals surface area contributed by atoms with Gasteiger partial charge in [0.05, 0.1) is 6.54 Å². The fourth-order valence-corrected chi connectivity index (χ4v) is 2.64. The number of ether oxygens (including phenoxy) is 1. The van der Waals surface area contributed by atoms with Crippen molar-refractivity contribution < 1.29 is 14.1 Å². The molecule has 1 N–H and O–H groups in total. The molecule has 0 bridgehead atoms. The first-order valence-electron chi connectivity index (χ1n) is 8.77. The smallest absolute Gasteiger partial charge is 0.267 e. The lowest BCUT2D eigenvalue weighted by atomic mass is 10.2. The van der Waals surface area contributed by atoms with E-state index in [-0.39, 0.29) is 11.4 Å². The number of nitriles is 1. The molecule has 0 fully saturated rings. The van der Waals surface area contributed by atoms with Crippen LogP contribution in [0.25, 0.3) is 6.08 Å². The SMILES string of the molecule is Cc1cc(NC(=O)/C(C#N)=C\c2cccn2CCOc2ccccc2C)no1. The molecule has 3 aromatic rings. The number of para-hydroxylation sites is 1. The van der Waals surface area contributed by atoms with Crippen LogP contribution in [0.5, 0.6) is 5.75 Å². The van der Waals surface area contributed by atoms with Crippen LogP contribution in [0.1, 0.15) is 17.0 Å². The molecule has 0 saturated carbocycles. The van der Waals surface area contributed by atoms with Crippen molar-refractivity contribution in [3.8, 4) is 11.8 Å². The maximum Gasteiger partial charge on any atom is 0.267 e. The van der Waals surface area contributed by atoms with Gasteiger partial charge in [-0.2, -0.15) is 5.26 Å². The van der Waals surface area contributed by atoms with Crippen LogP contribution in [0.4, 0.5) is 5.82 Å². The topological polar surface area (TPSA) is 93.1 Å². The molecule has 0 saturated heterocycles. The minimum atomic E-state index is -0.542. The number of aryl methyl sites for hydroxylation is 2. The van der Waals surface area contributed by atoms with Crippen molar-refractivity contribution in [2.45, 2.75) is 20.4 Å². The van der Waals surface area contributed by atoms with E-state index in [1.165, 1.54) is 6.08 Å². The summed E-state index contributed by atoms with van der Waals surface area (Å²) in [7, 11) is 0. The first-order valence-corrected chi connectivity index (χ1v) is 8.77. The van der Waals surface area contributed by atoms with Gasteiger partial charge in [0, 0.05) is 18.0 Å². The van der Waals surface area contributed by atoms with Gasteiger partial charge in [-0.3, -0.25) is 4.79 Å². The number of rotatable bonds is 7. The van der Waals surface area contributed by atoms with Crippen molar-refractivity contribution in [1.29, 1.82) is 5.26 Å². The summed E-state index contributed by atoms with van der Waals surface area (Å²) >= 11 is 0. The lowest BCUT2D eigenvalue weighted by Gasteiger charge is -2.11. The molecule has 28 heavy (non-hydrogen) atoms. The first-order chi connectivity index (χ1) is 13.6. The Morgan fingerprint density at radius 2 is 2.14 bits per heavy atom. The van der Waals surface area contributed by atoms with Gasteiger partial charge in [0.2, 0.25) is 0 Å². The summed E-state index contributed by atoms with van der Waals surface area (Å²) in [4.78, 5) is 12.3. The molecule has 0 atom stereocenters. The summed E-state index contributed by atoms with van der Waals surface area (Å²) in [5, 5.41) is 15.6. The van der Waals surface area contributed by atoms with Crippen molar-refractivity contribution >= 4 is 17.8 Å². The molecule has 2 aromatic heterocycles. The van der Waals surface area contributed by atoms with Crippen LogP contribution in [0.2, 0.25) is 0 Å².